The highest BCUT2D eigenvalue weighted by atomic mass is 79.9. The fraction of sp³-hybridized carbons (Fsp3) is 0.462. The highest BCUT2D eigenvalue weighted by molar-refractivity contribution is 9.10. The van der Waals surface area contributed by atoms with Crippen LogP contribution in [0, 0.1) is 6.92 Å². The number of nitrogens with one attached hydrogen (secondary N) is 1. The lowest BCUT2D eigenvalue weighted by Crippen LogP contribution is -2.22. The maximum absolute atomic E-state index is 4.45. The van der Waals surface area contributed by atoms with E-state index in [2.05, 4.69) is 55.6 Å². The highest BCUT2D eigenvalue weighted by Crippen LogP contribution is 2.31. The van der Waals surface area contributed by atoms with E-state index in [9.17, 15) is 0 Å². The first-order valence-electron chi connectivity index (χ1n) is 6.10. The molecule has 2 rings (SSSR count). The predicted octanol–water partition coefficient (Wildman–Crippen LogP) is 3.73. The molecule has 5 heteroatoms. The summed E-state index contributed by atoms with van der Waals surface area (Å²) in [5.74, 6) is 0. The lowest BCUT2D eigenvalue weighted by molar-refractivity contribution is 0.533. The molecule has 0 aliphatic carbocycles. The Hall–Kier alpha value is -0.650. The van der Waals surface area contributed by atoms with Crippen molar-refractivity contribution in [3.63, 3.8) is 0 Å². The number of aryl methyl sites for hydroxylation is 2. The normalized spacial score (nSPS) is 12.9. The maximum Gasteiger partial charge on any atom is 0.0768 e. The van der Waals surface area contributed by atoms with E-state index in [1.54, 1.807) is 11.3 Å². The molecule has 0 aliphatic rings. The highest BCUT2D eigenvalue weighted by Gasteiger charge is 2.22. The number of rotatable bonds is 5. The zero-order valence-electron chi connectivity index (χ0n) is 10.9. The second kappa shape index (κ2) is 5.99. The van der Waals surface area contributed by atoms with E-state index in [-0.39, 0.29) is 6.04 Å². The molecule has 0 aromatic carbocycles. The van der Waals surface area contributed by atoms with Gasteiger partial charge in [-0.2, -0.15) is 16.4 Å². The Bertz CT molecular complexity index is 518. The van der Waals surface area contributed by atoms with Gasteiger partial charge < -0.3 is 5.32 Å². The molecule has 1 N–H and O–H groups in total. The van der Waals surface area contributed by atoms with Gasteiger partial charge in [0.05, 0.1) is 22.4 Å². The van der Waals surface area contributed by atoms with Crippen LogP contribution in [0.5, 0.6) is 0 Å². The van der Waals surface area contributed by atoms with Crippen molar-refractivity contribution in [3.8, 4) is 0 Å². The Kier molecular flexibility index (Phi) is 4.59. The molecule has 0 radical (unpaired) electrons. The van der Waals surface area contributed by atoms with Gasteiger partial charge in [-0.25, -0.2) is 0 Å². The zero-order valence-corrected chi connectivity index (χ0v) is 13.3. The Morgan fingerprint density at radius 1 is 1.50 bits per heavy atom. The van der Waals surface area contributed by atoms with Crippen LogP contribution in [0.4, 0.5) is 0 Å². The minimum atomic E-state index is 0.194. The van der Waals surface area contributed by atoms with E-state index in [0.29, 0.717) is 0 Å². The molecule has 98 valence electrons. The van der Waals surface area contributed by atoms with E-state index in [4.69, 9.17) is 0 Å². The van der Waals surface area contributed by atoms with Gasteiger partial charge in [-0.1, -0.05) is 6.92 Å². The van der Waals surface area contributed by atoms with E-state index >= 15 is 0 Å². The molecule has 1 unspecified atom stereocenters. The van der Waals surface area contributed by atoms with Gasteiger partial charge in [0, 0.05) is 6.54 Å². The number of halogens is 1. The van der Waals surface area contributed by atoms with Crippen molar-refractivity contribution < 1.29 is 0 Å². The zero-order chi connectivity index (χ0) is 13.1. The average Bonchev–Trinajstić information content (AvgIpc) is 2.91. The maximum atomic E-state index is 4.45. The fourth-order valence-corrected chi connectivity index (χ4v) is 3.56. The van der Waals surface area contributed by atoms with E-state index in [0.717, 1.165) is 17.4 Å². The van der Waals surface area contributed by atoms with Crippen LogP contribution in [0.3, 0.4) is 0 Å². The van der Waals surface area contributed by atoms with E-state index < -0.39 is 0 Å². The monoisotopic (exact) mass is 327 g/mol. The average molecular weight is 328 g/mol. The standard InChI is InChI=1S/C13H18BrN3S/c1-4-5-17-13(11(14)6-16-17)12(15-3)10-8-18-7-9(10)2/h6-8,12,15H,4-5H2,1-3H3. The second-order valence-corrected chi connectivity index (χ2v) is 5.93. The van der Waals surface area contributed by atoms with Crippen molar-refractivity contribution in [1.82, 2.24) is 15.1 Å². The largest absolute Gasteiger partial charge is 0.308 e. The van der Waals surface area contributed by atoms with Crippen molar-refractivity contribution in [3.05, 3.63) is 38.3 Å². The second-order valence-electron chi connectivity index (χ2n) is 4.33. The smallest absolute Gasteiger partial charge is 0.0768 e. The van der Waals surface area contributed by atoms with Crippen molar-refractivity contribution in [2.75, 3.05) is 7.05 Å². The fourth-order valence-electron chi connectivity index (χ4n) is 2.15. The molecule has 0 fully saturated rings. The van der Waals surface area contributed by atoms with Crippen LogP contribution in [-0.2, 0) is 6.54 Å². The SMILES string of the molecule is CCCn1ncc(Br)c1C(NC)c1cscc1C. The third-order valence-corrected chi connectivity index (χ3v) is 4.53. The Morgan fingerprint density at radius 2 is 2.28 bits per heavy atom. The summed E-state index contributed by atoms with van der Waals surface area (Å²) in [6.07, 6.45) is 2.97. The summed E-state index contributed by atoms with van der Waals surface area (Å²) in [6, 6.07) is 0.194. The third kappa shape index (κ3) is 2.53. The predicted molar refractivity (Wildman–Crippen MR) is 80.2 cm³/mol. The third-order valence-electron chi connectivity index (χ3n) is 3.04. The molecule has 0 saturated carbocycles. The van der Waals surface area contributed by atoms with Crippen LogP contribution in [0.25, 0.3) is 0 Å². The molecule has 0 spiro atoms. The summed E-state index contributed by atoms with van der Waals surface area (Å²) >= 11 is 5.37. The number of thiophene rings is 1. The van der Waals surface area contributed by atoms with Gasteiger partial charge in [0.1, 0.15) is 0 Å². The first-order chi connectivity index (χ1) is 8.69. The van der Waals surface area contributed by atoms with Gasteiger partial charge in [-0.05, 0) is 58.2 Å². The summed E-state index contributed by atoms with van der Waals surface area (Å²) in [5, 5.41) is 12.3. The van der Waals surface area contributed by atoms with Crippen LogP contribution in [0.2, 0.25) is 0 Å². The number of hydrogen-bond acceptors (Lipinski definition) is 3. The molecule has 2 heterocycles. The van der Waals surface area contributed by atoms with Crippen molar-refractivity contribution in [1.29, 1.82) is 0 Å². The molecule has 1 atom stereocenters. The minimum absolute atomic E-state index is 0.194. The lowest BCUT2D eigenvalue weighted by atomic mass is 10.0. The van der Waals surface area contributed by atoms with E-state index in [1.165, 1.54) is 16.8 Å². The summed E-state index contributed by atoms with van der Waals surface area (Å²) in [6.45, 7) is 5.27. The molecule has 0 saturated heterocycles. The van der Waals surface area contributed by atoms with Gasteiger partial charge in [-0.15, -0.1) is 0 Å². The van der Waals surface area contributed by atoms with E-state index in [1.807, 2.05) is 13.2 Å². The Labute approximate surface area is 120 Å². The summed E-state index contributed by atoms with van der Waals surface area (Å²) in [5.41, 5.74) is 3.87. The molecule has 0 amide bonds. The molecule has 18 heavy (non-hydrogen) atoms. The molecule has 0 bridgehead atoms. The van der Waals surface area contributed by atoms with Gasteiger partial charge in [-0.3, -0.25) is 4.68 Å². The lowest BCUT2D eigenvalue weighted by Gasteiger charge is -2.19. The number of hydrogen-bond donors (Lipinski definition) is 1. The van der Waals surface area contributed by atoms with Crippen molar-refractivity contribution in [2.45, 2.75) is 32.9 Å². The molecular weight excluding hydrogens is 310 g/mol. The quantitative estimate of drug-likeness (QED) is 0.906. The van der Waals surface area contributed by atoms with Gasteiger partial charge in [0.2, 0.25) is 0 Å². The van der Waals surface area contributed by atoms with Crippen LogP contribution in [-0.4, -0.2) is 16.8 Å². The molecule has 2 aromatic rings. The summed E-state index contributed by atoms with van der Waals surface area (Å²) in [4.78, 5) is 0. The first-order valence-corrected chi connectivity index (χ1v) is 7.83. The Balaban J connectivity index is 2.45. The van der Waals surface area contributed by atoms with Crippen molar-refractivity contribution >= 4 is 27.3 Å². The van der Waals surface area contributed by atoms with Crippen LogP contribution in [0.15, 0.2) is 21.4 Å². The molecular formula is C13H18BrN3S. The molecule has 2 aromatic heterocycles. The van der Waals surface area contributed by atoms with Crippen LogP contribution >= 0.6 is 27.3 Å². The van der Waals surface area contributed by atoms with Crippen LogP contribution in [0.1, 0.15) is 36.2 Å². The van der Waals surface area contributed by atoms with Gasteiger partial charge in [0.25, 0.3) is 0 Å². The van der Waals surface area contributed by atoms with Gasteiger partial charge in [0.15, 0.2) is 0 Å². The minimum Gasteiger partial charge on any atom is -0.308 e. The first kappa shape index (κ1) is 13.8. The van der Waals surface area contributed by atoms with Crippen LogP contribution < -0.4 is 5.32 Å². The molecule has 0 aliphatic heterocycles. The molecule has 3 nitrogen and oxygen atoms in total. The number of aromatic nitrogens is 2. The summed E-state index contributed by atoms with van der Waals surface area (Å²) in [7, 11) is 2.00. The van der Waals surface area contributed by atoms with Crippen molar-refractivity contribution in [2.24, 2.45) is 0 Å². The number of nitrogens with zero attached hydrogens (tertiary/aromatic N) is 2. The van der Waals surface area contributed by atoms with Gasteiger partial charge >= 0.3 is 0 Å². The Morgan fingerprint density at radius 3 is 2.83 bits per heavy atom. The summed E-state index contributed by atoms with van der Waals surface area (Å²) < 4.78 is 3.16. The topological polar surface area (TPSA) is 29.9 Å².